The Labute approximate surface area is 117 Å². The number of fused-ring (bicyclic) bond motifs is 1. The van der Waals surface area contributed by atoms with Crippen LogP contribution in [0.2, 0.25) is 0 Å². The monoisotopic (exact) mass is 255 g/mol. The van der Waals surface area contributed by atoms with E-state index in [-0.39, 0.29) is 0 Å². The van der Waals surface area contributed by atoms with E-state index in [2.05, 4.69) is 61.5 Å². The first-order valence-corrected chi connectivity index (χ1v) is 7.39. The summed E-state index contributed by atoms with van der Waals surface area (Å²) in [6, 6.07) is 15.4. The summed E-state index contributed by atoms with van der Waals surface area (Å²) < 4.78 is 0. The molecule has 0 atom stereocenters. The fraction of sp³-hybridized carbons (Fsp3) is 0.444. The third kappa shape index (κ3) is 4.36. The minimum absolute atomic E-state index is 1.21. The summed E-state index contributed by atoms with van der Waals surface area (Å²) in [6.07, 6.45) is 6.54. The molecule has 0 aliphatic heterocycles. The summed E-state index contributed by atoms with van der Waals surface area (Å²) in [5.74, 6) is 0. The van der Waals surface area contributed by atoms with Crippen molar-refractivity contribution in [3.8, 4) is 0 Å². The van der Waals surface area contributed by atoms with Crippen molar-refractivity contribution >= 4 is 10.8 Å². The van der Waals surface area contributed by atoms with Crippen LogP contribution >= 0.6 is 0 Å². The number of unbranched alkanes of at least 4 members (excludes halogenated alkanes) is 3. The number of nitrogens with zero attached hydrogens (tertiary/aromatic N) is 1. The Morgan fingerprint density at radius 1 is 0.789 bits per heavy atom. The number of benzene rings is 2. The molecule has 0 aliphatic carbocycles. The van der Waals surface area contributed by atoms with Crippen LogP contribution in [0.25, 0.3) is 10.8 Å². The SMILES string of the molecule is CN(C)CCCCCCc1cccc2ccccc12. The fourth-order valence-corrected chi connectivity index (χ4v) is 2.61. The molecule has 19 heavy (non-hydrogen) atoms. The number of hydrogen-bond donors (Lipinski definition) is 0. The van der Waals surface area contributed by atoms with Crippen LogP contribution in [-0.4, -0.2) is 25.5 Å². The van der Waals surface area contributed by atoms with Crippen LogP contribution in [0.1, 0.15) is 31.2 Å². The molecule has 1 nitrogen and oxygen atoms in total. The van der Waals surface area contributed by atoms with E-state index >= 15 is 0 Å². The molecule has 0 unspecified atom stereocenters. The molecule has 0 aliphatic rings. The van der Waals surface area contributed by atoms with E-state index in [1.807, 2.05) is 0 Å². The van der Waals surface area contributed by atoms with Crippen molar-refractivity contribution in [3.05, 3.63) is 48.0 Å². The highest BCUT2D eigenvalue weighted by atomic mass is 15.0. The molecule has 102 valence electrons. The van der Waals surface area contributed by atoms with Crippen LogP contribution in [0.3, 0.4) is 0 Å². The van der Waals surface area contributed by atoms with Gasteiger partial charge in [0.2, 0.25) is 0 Å². The lowest BCUT2D eigenvalue weighted by molar-refractivity contribution is 0.390. The van der Waals surface area contributed by atoms with Crippen molar-refractivity contribution in [3.63, 3.8) is 0 Å². The van der Waals surface area contributed by atoms with Crippen molar-refractivity contribution in [2.45, 2.75) is 32.1 Å². The molecule has 0 spiro atoms. The Bertz CT molecular complexity index is 497. The van der Waals surface area contributed by atoms with Gasteiger partial charge in [-0.05, 0) is 56.2 Å². The van der Waals surface area contributed by atoms with E-state index in [4.69, 9.17) is 0 Å². The van der Waals surface area contributed by atoms with Crippen molar-refractivity contribution in [1.29, 1.82) is 0 Å². The largest absolute Gasteiger partial charge is 0.309 e. The van der Waals surface area contributed by atoms with Gasteiger partial charge in [0.1, 0.15) is 0 Å². The second-order valence-electron chi connectivity index (χ2n) is 5.61. The molecule has 2 aromatic rings. The summed E-state index contributed by atoms with van der Waals surface area (Å²) in [5.41, 5.74) is 1.51. The van der Waals surface area contributed by atoms with E-state index in [0.29, 0.717) is 0 Å². The minimum Gasteiger partial charge on any atom is -0.309 e. The lowest BCUT2D eigenvalue weighted by Gasteiger charge is -2.09. The summed E-state index contributed by atoms with van der Waals surface area (Å²) in [7, 11) is 4.30. The third-order valence-corrected chi connectivity index (χ3v) is 3.68. The van der Waals surface area contributed by atoms with Crippen molar-refractivity contribution in [1.82, 2.24) is 4.90 Å². The number of rotatable bonds is 7. The molecule has 0 saturated carbocycles. The molecule has 1 heteroatoms. The highest BCUT2D eigenvalue weighted by molar-refractivity contribution is 5.85. The quantitative estimate of drug-likeness (QED) is 0.658. The molecule has 2 rings (SSSR count). The molecular formula is C18H25N. The van der Waals surface area contributed by atoms with Gasteiger partial charge >= 0.3 is 0 Å². The van der Waals surface area contributed by atoms with Gasteiger partial charge in [-0.2, -0.15) is 0 Å². The fourth-order valence-electron chi connectivity index (χ4n) is 2.61. The molecule has 0 saturated heterocycles. The van der Waals surface area contributed by atoms with Gasteiger partial charge < -0.3 is 4.90 Å². The van der Waals surface area contributed by atoms with Crippen molar-refractivity contribution < 1.29 is 0 Å². The van der Waals surface area contributed by atoms with E-state index in [1.165, 1.54) is 55.0 Å². The molecule has 2 aromatic carbocycles. The minimum atomic E-state index is 1.21. The summed E-state index contributed by atoms with van der Waals surface area (Å²) >= 11 is 0. The zero-order chi connectivity index (χ0) is 13.5. The zero-order valence-electron chi connectivity index (χ0n) is 12.2. The van der Waals surface area contributed by atoms with Gasteiger partial charge in [0.15, 0.2) is 0 Å². The smallest absolute Gasteiger partial charge is 0.00248 e. The average molecular weight is 255 g/mol. The first kappa shape index (κ1) is 14.1. The molecular weight excluding hydrogens is 230 g/mol. The van der Waals surface area contributed by atoms with Gasteiger partial charge in [-0.15, -0.1) is 0 Å². The molecule has 0 heterocycles. The van der Waals surface area contributed by atoms with Crippen LogP contribution in [0.15, 0.2) is 42.5 Å². The van der Waals surface area contributed by atoms with Gasteiger partial charge in [0.05, 0.1) is 0 Å². The molecule has 0 N–H and O–H groups in total. The lowest BCUT2D eigenvalue weighted by atomic mass is 9.99. The average Bonchev–Trinajstić information content (AvgIpc) is 2.42. The van der Waals surface area contributed by atoms with E-state index < -0.39 is 0 Å². The van der Waals surface area contributed by atoms with E-state index in [0.717, 1.165) is 0 Å². The van der Waals surface area contributed by atoms with Gasteiger partial charge in [-0.1, -0.05) is 55.3 Å². The zero-order valence-corrected chi connectivity index (χ0v) is 12.2. The van der Waals surface area contributed by atoms with Crippen molar-refractivity contribution in [2.75, 3.05) is 20.6 Å². The van der Waals surface area contributed by atoms with Gasteiger partial charge in [-0.25, -0.2) is 0 Å². The third-order valence-electron chi connectivity index (χ3n) is 3.68. The molecule has 0 amide bonds. The predicted octanol–water partition coefficient (Wildman–Crippen LogP) is 4.50. The maximum absolute atomic E-state index is 2.28. The summed E-state index contributed by atoms with van der Waals surface area (Å²) in [4.78, 5) is 2.27. The van der Waals surface area contributed by atoms with Crippen LogP contribution in [0.4, 0.5) is 0 Å². The van der Waals surface area contributed by atoms with Gasteiger partial charge in [0.25, 0.3) is 0 Å². The Morgan fingerprint density at radius 2 is 1.53 bits per heavy atom. The highest BCUT2D eigenvalue weighted by Crippen LogP contribution is 2.20. The van der Waals surface area contributed by atoms with E-state index in [1.54, 1.807) is 0 Å². The van der Waals surface area contributed by atoms with Crippen molar-refractivity contribution in [2.24, 2.45) is 0 Å². The number of hydrogen-bond acceptors (Lipinski definition) is 1. The first-order valence-electron chi connectivity index (χ1n) is 7.39. The Kier molecular flexibility index (Phi) is 5.41. The molecule has 0 fully saturated rings. The summed E-state index contributed by atoms with van der Waals surface area (Å²) in [5, 5.41) is 2.80. The van der Waals surface area contributed by atoms with Crippen LogP contribution in [0, 0.1) is 0 Å². The number of aryl methyl sites for hydroxylation is 1. The topological polar surface area (TPSA) is 3.24 Å². The second-order valence-corrected chi connectivity index (χ2v) is 5.61. The molecule has 0 bridgehead atoms. The molecule has 0 aromatic heterocycles. The predicted molar refractivity (Wildman–Crippen MR) is 84.7 cm³/mol. The Hall–Kier alpha value is -1.34. The van der Waals surface area contributed by atoms with Crippen LogP contribution < -0.4 is 0 Å². The lowest BCUT2D eigenvalue weighted by Crippen LogP contribution is -2.12. The standard InChI is InChI=1S/C18H25N/c1-19(2)15-8-4-3-5-10-16-12-9-13-17-11-6-7-14-18(16)17/h6-7,9,11-14H,3-5,8,10,15H2,1-2H3. The maximum Gasteiger partial charge on any atom is -0.00248 e. The highest BCUT2D eigenvalue weighted by Gasteiger charge is 2.00. The summed E-state index contributed by atoms with van der Waals surface area (Å²) in [6.45, 7) is 1.22. The van der Waals surface area contributed by atoms with Gasteiger partial charge in [-0.3, -0.25) is 0 Å². The first-order chi connectivity index (χ1) is 9.27. The van der Waals surface area contributed by atoms with Gasteiger partial charge in [0, 0.05) is 0 Å². The van der Waals surface area contributed by atoms with Crippen LogP contribution in [0.5, 0.6) is 0 Å². The normalized spacial score (nSPS) is 11.3. The Balaban J connectivity index is 1.82. The van der Waals surface area contributed by atoms with Crippen LogP contribution in [-0.2, 0) is 6.42 Å². The van der Waals surface area contributed by atoms with E-state index in [9.17, 15) is 0 Å². The molecule has 0 radical (unpaired) electrons. The maximum atomic E-state index is 2.28. The second kappa shape index (κ2) is 7.30. The Morgan fingerprint density at radius 3 is 2.37 bits per heavy atom.